The predicted molar refractivity (Wildman–Crippen MR) is 63.0 cm³/mol. The quantitative estimate of drug-likeness (QED) is 0.580. The van der Waals surface area contributed by atoms with Crippen LogP contribution in [0.25, 0.3) is 0 Å². The van der Waals surface area contributed by atoms with Crippen molar-refractivity contribution in [1.82, 2.24) is 5.32 Å². The largest absolute Gasteiger partial charge is 0.482 e. The minimum Gasteiger partial charge on any atom is -0.482 e. The van der Waals surface area contributed by atoms with E-state index in [2.05, 4.69) is 5.32 Å². The van der Waals surface area contributed by atoms with E-state index in [1.807, 2.05) is 12.1 Å². The fourth-order valence-corrected chi connectivity index (χ4v) is 1.33. The van der Waals surface area contributed by atoms with Crippen LogP contribution in [0.4, 0.5) is 0 Å². The highest BCUT2D eigenvalue weighted by Crippen LogP contribution is 2.12. The van der Waals surface area contributed by atoms with Gasteiger partial charge in [-0.25, -0.2) is 4.79 Å². The van der Waals surface area contributed by atoms with Crippen molar-refractivity contribution in [2.45, 2.75) is 13.0 Å². The number of ether oxygens (including phenoxy) is 1. The molecule has 1 rings (SSSR count). The molecule has 0 heterocycles. The second kappa shape index (κ2) is 7.65. The molecule has 0 saturated carbocycles. The van der Waals surface area contributed by atoms with Gasteiger partial charge in [0.2, 0.25) is 0 Å². The molecule has 1 aromatic rings. The molecule has 0 fully saturated rings. The van der Waals surface area contributed by atoms with Crippen LogP contribution in [0.1, 0.15) is 12.0 Å². The number of benzene rings is 1. The lowest BCUT2D eigenvalue weighted by atomic mass is 10.2. The van der Waals surface area contributed by atoms with E-state index in [-0.39, 0.29) is 13.2 Å². The lowest BCUT2D eigenvalue weighted by Crippen LogP contribution is -2.15. The number of aliphatic carboxylic acids is 1. The number of nitrogens with one attached hydrogen (secondary N) is 1. The van der Waals surface area contributed by atoms with E-state index in [0.29, 0.717) is 12.3 Å². The highest BCUT2D eigenvalue weighted by Gasteiger charge is 2.00. The van der Waals surface area contributed by atoms with Gasteiger partial charge in [-0.1, -0.05) is 12.1 Å². The molecule has 0 spiro atoms. The van der Waals surface area contributed by atoms with Crippen molar-refractivity contribution in [2.75, 3.05) is 19.8 Å². The van der Waals surface area contributed by atoms with Crippen LogP contribution in [0, 0.1) is 0 Å². The molecule has 1 aromatic carbocycles. The van der Waals surface area contributed by atoms with Crippen molar-refractivity contribution >= 4 is 5.97 Å². The molecule has 0 atom stereocenters. The first kappa shape index (κ1) is 13.5. The summed E-state index contributed by atoms with van der Waals surface area (Å²) in [6.45, 7) is 1.26. The maximum Gasteiger partial charge on any atom is 0.341 e. The number of aliphatic hydroxyl groups is 1. The van der Waals surface area contributed by atoms with Crippen molar-refractivity contribution < 1.29 is 19.7 Å². The molecule has 0 aliphatic heterocycles. The number of carboxylic acid groups (broad SMARTS) is 1. The molecule has 0 radical (unpaired) electrons. The van der Waals surface area contributed by atoms with Gasteiger partial charge in [-0.05, 0) is 30.7 Å². The van der Waals surface area contributed by atoms with Gasteiger partial charge in [0, 0.05) is 13.2 Å². The number of aliphatic hydroxyl groups excluding tert-OH is 1. The Labute approximate surface area is 100 Å². The van der Waals surface area contributed by atoms with Crippen LogP contribution in [0.15, 0.2) is 24.3 Å². The number of carbonyl (C=O) groups is 1. The first-order chi connectivity index (χ1) is 8.22. The highest BCUT2D eigenvalue weighted by atomic mass is 16.5. The van der Waals surface area contributed by atoms with Crippen LogP contribution in [0.2, 0.25) is 0 Å². The third kappa shape index (κ3) is 5.89. The van der Waals surface area contributed by atoms with Gasteiger partial charge in [-0.2, -0.15) is 0 Å². The summed E-state index contributed by atoms with van der Waals surface area (Å²) in [7, 11) is 0. The molecule has 5 nitrogen and oxygen atoms in total. The normalized spacial score (nSPS) is 10.2. The molecule has 3 N–H and O–H groups in total. The third-order valence-corrected chi connectivity index (χ3v) is 2.10. The van der Waals surface area contributed by atoms with Gasteiger partial charge < -0.3 is 20.3 Å². The fourth-order valence-electron chi connectivity index (χ4n) is 1.33. The second-order valence-corrected chi connectivity index (χ2v) is 3.58. The molecule has 94 valence electrons. The summed E-state index contributed by atoms with van der Waals surface area (Å²) >= 11 is 0. The van der Waals surface area contributed by atoms with E-state index in [1.54, 1.807) is 12.1 Å². The van der Waals surface area contributed by atoms with Crippen molar-refractivity contribution in [1.29, 1.82) is 0 Å². The van der Waals surface area contributed by atoms with Crippen molar-refractivity contribution in [2.24, 2.45) is 0 Å². The molecule has 5 heteroatoms. The van der Waals surface area contributed by atoms with Crippen LogP contribution in [-0.4, -0.2) is 35.9 Å². The first-order valence-corrected chi connectivity index (χ1v) is 5.47. The van der Waals surface area contributed by atoms with Crippen LogP contribution in [0.3, 0.4) is 0 Å². The Morgan fingerprint density at radius 2 is 2.24 bits per heavy atom. The summed E-state index contributed by atoms with van der Waals surface area (Å²) in [5, 5.41) is 20.3. The maximum absolute atomic E-state index is 10.3. The lowest BCUT2D eigenvalue weighted by Gasteiger charge is -2.07. The average molecular weight is 239 g/mol. The second-order valence-electron chi connectivity index (χ2n) is 3.58. The van der Waals surface area contributed by atoms with Crippen LogP contribution in [0.5, 0.6) is 5.75 Å². The van der Waals surface area contributed by atoms with Gasteiger partial charge in [-0.3, -0.25) is 0 Å². The summed E-state index contributed by atoms with van der Waals surface area (Å²) in [4.78, 5) is 10.3. The number of hydrogen-bond acceptors (Lipinski definition) is 4. The first-order valence-electron chi connectivity index (χ1n) is 5.47. The van der Waals surface area contributed by atoms with Crippen LogP contribution in [-0.2, 0) is 11.3 Å². The van der Waals surface area contributed by atoms with E-state index >= 15 is 0 Å². The Hall–Kier alpha value is -1.59. The van der Waals surface area contributed by atoms with Crippen molar-refractivity contribution in [3.05, 3.63) is 29.8 Å². The van der Waals surface area contributed by atoms with Gasteiger partial charge >= 0.3 is 5.97 Å². The Kier molecular flexibility index (Phi) is 6.06. The summed E-state index contributed by atoms with van der Waals surface area (Å²) in [5.41, 5.74) is 1.02. The zero-order chi connectivity index (χ0) is 12.5. The molecule has 0 saturated heterocycles. The number of rotatable bonds is 8. The molecular formula is C12H17NO4. The molecule has 0 aromatic heterocycles. The topological polar surface area (TPSA) is 78.8 Å². The Morgan fingerprint density at radius 1 is 1.41 bits per heavy atom. The molecule has 17 heavy (non-hydrogen) atoms. The smallest absolute Gasteiger partial charge is 0.341 e. The summed E-state index contributed by atoms with van der Waals surface area (Å²) in [6, 6.07) is 7.27. The molecule has 0 amide bonds. The summed E-state index contributed by atoms with van der Waals surface area (Å²) in [5.74, 6) is -0.440. The maximum atomic E-state index is 10.3. The van der Waals surface area contributed by atoms with E-state index in [0.717, 1.165) is 18.5 Å². The molecular weight excluding hydrogens is 222 g/mol. The fraction of sp³-hybridized carbons (Fsp3) is 0.417. The molecule has 0 aliphatic rings. The Balaban J connectivity index is 2.39. The van der Waals surface area contributed by atoms with E-state index in [1.165, 1.54) is 0 Å². The molecule has 0 bridgehead atoms. The highest BCUT2D eigenvalue weighted by molar-refractivity contribution is 5.68. The van der Waals surface area contributed by atoms with Gasteiger partial charge in [0.25, 0.3) is 0 Å². The van der Waals surface area contributed by atoms with Crippen molar-refractivity contribution in [3.8, 4) is 5.75 Å². The minimum absolute atomic E-state index is 0.175. The molecule has 0 aliphatic carbocycles. The average Bonchev–Trinajstić information content (AvgIpc) is 2.33. The van der Waals surface area contributed by atoms with Gasteiger partial charge in [0.15, 0.2) is 6.61 Å². The minimum atomic E-state index is -0.989. The third-order valence-electron chi connectivity index (χ3n) is 2.10. The van der Waals surface area contributed by atoms with Gasteiger partial charge in [-0.15, -0.1) is 0 Å². The summed E-state index contributed by atoms with van der Waals surface area (Å²) in [6.07, 6.45) is 0.717. The van der Waals surface area contributed by atoms with Gasteiger partial charge in [0.05, 0.1) is 0 Å². The molecule has 0 unspecified atom stereocenters. The number of hydrogen-bond donors (Lipinski definition) is 3. The zero-order valence-electron chi connectivity index (χ0n) is 9.56. The lowest BCUT2D eigenvalue weighted by molar-refractivity contribution is -0.139. The summed E-state index contributed by atoms with van der Waals surface area (Å²) < 4.78 is 5.07. The Morgan fingerprint density at radius 3 is 2.94 bits per heavy atom. The zero-order valence-corrected chi connectivity index (χ0v) is 9.56. The van der Waals surface area contributed by atoms with E-state index in [4.69, 9.17) is 14.9 Å². The van der Waals surface area contributed by atoms with E-state index < -0.39 is 5.97 Å². The van der Waals surface area contributed by atoms with Crippen LogP contribution >= 0.6 is 0 Å². The monoisotopic (exact) mass is 239 g/mol. The number of carboxylic acids is 1. The Bertz CT molecular complexity index is 354. The predicted octanol–water partition coefficient (Wildman–Crippen LogP) is 0.622. The standard InChI is InChI=1S/C12H17NO4/c14-6-2-5-13-8-10-3-1-4-11(7-10)17-9-12(15)16/h1,3-4,7,13-14H,2,5-6,8-9H2,(H,15,16). The van der Waals surface area contributed by atoms with Crippen molar-refractivity contribution in [3.63, 3.8) is 0 Å². The SMILES string of the molecule is O=C(O)COc1cccc(CNCCCO)c1. The van der Waals surface area contributed by atoms with Gasteiger partial charge in [0.1, 0.15) is 5.75 Å². The van der Waals surface area contributed by atoms with E-state index in [9.17, 15) is 4.79 Å². The van der Waals surface area contributed by atoms with Crippen LogP contribution < -0.4 is 10.1 Å².